The second-order valence-corrected chi connectivity index (χ2v) is 8.70. The van der Waals surface area contributed by atoms with Gasteiger partial charge in [0.15, 0.2) is 0 Å². The molecule has 4 rings (SSSR count). The van der Waals surface area contributed by atoms with E-state index in [0.717, 1.165) is 6.54 Å². The minimum Gasteiger partial charge on any atom is -0.475 e. The van der Waals surface area contributed by atoms with Crippen LogP contribution in [0.15, 0.2) is 48.7 Å². The molecule has 7 nitrogen and oxygen atoms in total. The zero-order valence-corrected chi connectivity index (χ0v) is 18.6. The Morgan fingerprint density at radius 2 is 1.81 bits per heavy atom. The number of carboxylic acids is 1. The molecule has 1 aliphatic heterocycles. The molecule has 1 unspecified atom stereocenters. The van der Waals surface area contributed by atoms with Crippen LogP contribution in [0.2, 0.25) is 5.02 Å². The van der Waals surface area contributed by atoms with Gasteiger partial charge in [-0.25, -0.2) is 4.79 Å². The first-order valence-electron chi connectivity index (χ1n) is 10.4. The predicted molar refractivity (Wildman–Crippen MR) is 122 cm³/mol. The Kier molecular flexibility index (Phi) is 6.04. The van der Waals surface area contributed by atoms with Crippen LogP contribution in [0.3, 0.4) is 0 Å². The molecule has 1 aromatic heterocycles. The SMILES string of the molecule is CC1CN(Cc2ccccc2)[C@@H](C)CN1C(=O)c1cc2c(C(=O)C(=O)O)[nH]cc2cc1Cl. The summed E-state index contributed by atoms with van der Waals surface area (Å²) in [6, 6.07) is 13.4. The van der Waals surface area contributed by atoms with E-state index >= 15 is 0 Å². The summed E-state index contributed by atoms with van der Waals surface area (Å²) in [5, 5.41) is 10.3. The molecule has 0 bridgehead atoms. The smallest absolute Gasteiger partial charge is 0.378 e. The van der Waals surface area contributed by atoms with E-state index in [1.807, 2.05) is 25.1 Å². The fourth-order valence-electron chi connectivity index (χ4n) is 4.28. The number of aromatic nitrogens is 1. The molecule has 2 N–H and O–H groups in total. The van der Waals surface area contributed by atoms with Crippen molar-refractivity contribution in [3.63, 3.8) is 0 Å². The van der Waals surface area contributed by atoms with Crippen LogP contribution in [0.5, 0.6) is 0 Å². The number of nitrogens with zero attached hydrogens (tertiary/aromatic N) is 2. The van der Waals surface area contributed by atoms with E-state index in [-0.39, 0.29) is 34.3 Å². The first-order chi connectivity index (χ1) is 15.3. The van der Waals surface area contributed by atoms with Crippen LogP contribution in [-0.4, -0.2) is 62.7 Å². The minimum atomic E-state index is -1.56. The second-order valence-electron chi connectivity index (χ2n) is 8.29. The van der Waals surface area contributed by atoms with Crippen molar-refractivity contribution in [3.8, 4) is 0 Å². The Morgan fingerprint density at radius 1 is 1.09 bits per heavy atom. The molecular formula is C24H24ClN3O4. The lowest BCUT2D eigenvalue weighted by molar-refractivity contribution is -0.131. The Hall–Kier alpha value is -3.16. The Labute approximate surface area is 190 Å². The molecule has 2 heterocycles. The number of hydrogen-bond donors (Lipinski definition) is 2. The van der Waals surface area contributed by atoms with E-state index < -0.39 is 11.8 Å². The molecule has 2 atom stereocenters. The fourth-order valence-corrected chi connectivity index (χ4v) is 4.54. The molecule has 1 fully saturated rings. The van der Waals surface area contributed by atoms with E-state index in [2.05, 4.69) is 28.9 Å². The van der Waals surface area contributed by atoms with Crippen LogP contribution in [0.4, 0.5) is 0 Å². The number of aliphatic carboxylic acids is 1. The fraction of sp³-hybridized carbons (Fsp3) is 0.292. The van der Waals surface area contributed by atoms with Crippen molar-refractivity contribution in [2.24, 2.45) is 0 Å². The summed E-state index contributed by atoms with van der Waals surface area (Å²) >= 11 is 6.42. The molecule has 3 aromatic rings. The van der Waals surface area contributed by atoms with Crippen LogP contribution < -0.4 is 0 Å². The number of benzene rings is 2. The third-order valence-corrected chi connectivity index (χ3v) is 6.35. The average Bonchev–Trinajstić information content (AvgIpc) is 3.17. The van der Waals surface area contributed by atoms with Gasteiger partial charge in [-0.05, 0) is 31.5 Å². The summed E-state index contributed by atoms with van der Waals surface area (Å²) in [6.45, 7) is 6.16. The lowest BCUT2D eigenvalue weighted by Gasteiger charge is -2.44. The standard InChI is InChI=1S/C24H24ClN3O4/c1-14-12-28(15(2)11-27(14)13-16-6-4-3-5-7-16)23(30)19-9-18-17(8-20(19)25)10-26-21(18)22(29)24(31)32/h3-10,14-15,26H,11-13H2,1-2H3,(H,31,32)/t14-,15?/m0/s1. The summed E-state index contributed by atoms with van der Waals surface area (Å²) in [5.74, 6) is -2.85. The van der Waals surface area contributed by atoms with E-state index in [1.165, 1.54) is 17.8 Å². The number of H-pyrrole nitrogens is 1. The maximum atomic E-state index is 13.4. The minimum absolute atomic E-state index is 0.0412. The van der Waals surface area contributed by atoms with Gasteiger partial charge in [-0.3, -0.25) is 14.5 Å². The number of hydrogen-bond acceptors (Lipinski definition) is 4. The van der Waals surface area contributed by atoms with Gasteiger partial charge >= 0.3 is 5.97 Å². The molecule has 0 spiro atoms. The number of amides is 1. The number of carboxylic acid groups (broad SMARTS) is 1. The third-order valence-electron chi connectivity index (χ3n) is 6.04. The highest BCUT2D eigenvalue weighted by molar-refractivity contribution is 6.42. The summed E-state index contributed by atoms with van der Waals surface area (Å²) in [6.07, 6.45) is 1.51. The topological polar surface area (TPSA) is 93.7 Å². The first-order valence-corrected chi connectivity index (χ1v) is 10.8. The molecule has 1 aliphatic rings. The van der Waals surface area contributed by atoms with Crippen molar-refractivity contribution in [1.29, 1.82) is 0 Å². The van der Waals surface area contributed by atoms with Crippen LogP contribution in [0.25, 0.3) is 10.8 Å². The average molecular weight is 454 g/mol. The van der Waals surface area contributed by atoms with Crippen molar-refractivity contribution < 1.29 is 19.5 Å². The number of piperazine rings is 1. The second kappa shape index (κ2) is 8.76. The molecule has 1 amide bonds. The molecule has 0 saturated carbocycles. The van der Waals surface area contributed by atoms with Crippen LogP contribution in [-0.2, 0) is 11.3 Å². The molecule has 8 heteroatoms. The number of ketones is 1. The maximum Gasteiger partial charge on any atom is 0.378 e. The monoisotopic (exact) mass is 453 g/mol. The highest BCUT2D eigenvalue weighted by atomic mass is 35.5. The highest BCUT2D eigenvalue weighted by Gasteiger charge is 2.33. The molecule has 166 valence electrons. The van der Waals surface area contributed by atoms with Crippen molar-refractivity contribution >= 4 is 40.0 Å². The summed E-state index contributed by atoms with van der Waals surface area (Å²) in [5.41, 5.74) is 1.42. The van der Waals surface area contributed by atoms with E-state index in [0.29, 0.717) is 23.9 Å². The van der Waals surface area contributed by atoms with Crippen molar-refractivity contribution in [3.05, 3.63) is 70.5 Å². The van der Waals surface area contributed by atoms with Gasteiger partial charge < -0.3 is 15.0 Å². The van der Waals surface area contributed by atoms with Gasteiger partial charge in [-0.15, -0.1) is 0 Å². The molecule has 1 saturated heterocycles. The number of aromatic amines is 1. The Balaban J connectivity index is 1.59. The zero-order valence-electron chi connectivity index (χ0n) is 17.8. The largest absolute Gasteiger partial charge is 0.475 e. The van der Waals surface area contributed by atoms with Gasteiger partial charge in [0.25, 0.3) is 11.7 Å². The Morgan fingerprint density at radius 3 is 2.50 bits per heavy atom. The summed E-state index contributed by atoms with van der Waals surface area (Å²) in [4.78, 5) is 43.4. The lowest BCUT2D eigenvalue weighted by Crippen LogP contribution is -2.57. The first kappa shape index (κ1) is 22.0. The normalized spacial score (nSPS) is 19.3. The number of carbonyl (C=O) groups excluding carboxylic acids is 2. The van der Waals surface area contributed by atoms with Gasteiger partial charge in [0.2, 0.25) is 0 Å². The van der Waals surface area contributed by atoms with E-state index in [1.54, 1.807) is 11.0 Å². The van der Waals surface area contributed by atoms with Gasteiger partial charge in [-0.1, -0.05) is 41.9 Å². The zero-order chi connectivity index (χ0) is 23.0. The van der Waals surface area contributed by atoms with Crippen LogP contribution in [0.1, 0.15) is 40.3 Å². The van der Waals surface area contributed by atoms with Gasteiger partial charge in [0, 0.05) is 48.7 Å². The highest BCUT2D eigenvalue weighted by Crippen LogP contribution is 2.29. The van der Waals surface area contributed by atoms with Crippen LogP contribution in [0, 0.1) is 0 Å². The maximum absolute atomic E-state index is 13.4. The van der Waals surface area contributed by atoms with Gasteiger partial charge in [0.05, 0.1) is 10.6 Å². The predicted octanol–water partition coefficient (Wildman–Crippen LogP) is 3.82. The van der Waals surface area contributed by atoms with Crippen molar-refractivity contribution in [2.75, 3.05) is 13.1 Å². The molecular weight excluding hydrogens is 430 g/mol. The summed E-state index contributed by atoms with van der Waals surface area (Å²) < 4.78 is 0. The number of nitrogens with one attached hydrogen (secondary N) is 1. The molecule has 0 radical (unpaired) electrons. The summed E-state index contributed by atoms with van der Waals surface area (Å²) in [7, 11) is 0. The van der Waals surface area contributed by atoms with Gasteiger partial charge in [0.1, 0.15) is 5.69 Å². The lowest BCUT2D eigenvalue weighted by atomic mass is 10.0. The quantitative estimate of drug-likeness (QED) is 0.452. The van der Waals surface area contributed by atoms with Crippen molar-refractivity contribution in [1.82, 2.24) is 14.8 Å². The molecule has 32 heavy (non-hydrogen) atoms. The van der Waals surface area contributed by atoms with E-state index in [9.17, 15) is 14.4 Å². The number of carbonyl (C=O) groups is 3. The number of Topliss-reactive ketones (excluding diaryl/α,β-unsaturated/α-hetero) is 1. The molecule has 2 aromatic carbocycles. The molecule has 0 aliphatic carbocycles. The number of fused-ring (bicyclic) bond motifs is 1. The Bertz CT molecular complexity index is 1190. The van der Waals surface area contributed by atoms with Gasteiger partial charge in [-0.2, -0.15) is 0 Å². The van der Waals surface area contributed by atoms with Crippen LogP contribution >= 0.6 is 11.6 Å². The van der Waals surface area contributed by atoms with Crippen molar-refractivity contribution in [2.45, 2.75) is 32.5 Å². The third kappa shape index (κ3) is 4.13. The van der Waals surface area contributed by atoms with E-state index in [4.69, 9.17) is 16.7 Å². The number of halogens is 1. The number of rotatable bonds is 5.